The highest BCUT2D eigenvalue weighted by molar-refractivity contribution is 6.46. The number of halogens is 1. The highest BCUT2D eigenvalue weighted by Gasteiger charge is 2.46. The lowest BCUT2D eigenvalue weighted by molar-refractivity contribution is -0.140. The second-order valence-corrected chi connectivity index (χ2v) is 8.16. The molecule has 0 radical (unpaired) electrons. The van der Waals surface area contributed by atoms with Crippen LogP contribution in [0.1, 0.15) is 22.7 Å². The van der Waals surface area contributed by atoms with Gasteiger partial charge in [0.2, 0.25) is 0 Å². The number of aliphatic hydroxyl groups excluding tert-OH is 1. The SMILES string of the molecule is COc1cccc(CN2C(=O)C(=O)/C(=C(/O)c3cc(Cl)c(OC)cc3OC)C2c2cccnc2)c1. The summed E-state index contributed by atoms with van der Waals surface area (Å²) in [6.07, 6.45) is 3.14. The van der Waals surface area contributed by atoms with E-state index in [-0.39, 0.29) is 28.5 Å². The molecule has 2 heterocycles. The van der Waals surface area contributed by atoms with Crippen molar-refractivity contribution in [2.45, 2.75) is 12.6 Å². The number of hydrogen-bond acceptors (Lipinski definition) is 7. The number of hydrogen-bond donors (Lipinski definition) is 1. The van der Waals surface area contributed by atoms with E-state index in [1.807, 2.05) is 6.07 Å². The largest absolute Gasteiger partial charge is 0.507 e. The number of amides is 1. The average molecular weight is 495 g/mol. The Kier molecular flexibility index (Phi) is 6.93. The quantitative estimate of drug-likeness (QED) is 0.295. The lowest BCUT2D eigenvalue weighted by atomic mass is 9.95. The molecular formula is C26H23ClN2O6. The van der Waals surface area contributed by atoms with Gasteiger partial charge >= 0.3 is 0 Å². The number of benzene rings is 2. The molecule has 8 nitrogen and oxygen atoms in total. The van der Waals surface area contributed by atoms with Crippen LogP contribution < -0.4 is 14.2 Å². The van der Waals surface area contributed by atoms with Crippen LogP contribution in [0.15, 0.2) is 66.5 Å². The number of aliphatic hydroxyl groups is 1. The monoisotopic (exact) mass is 494 g/mol. The van der Waals surface area contributed by atoms with E-state index in [1.54, 1.807) is 49.8 Å². The Morgan fingerprint density at radius 1 is 1.03 bits per heavy atom. The van der Waals surface area contributed by atoms with Gasteiger partial charge in [-0.15, -0.1) is 0 Å². The van der Waals surface area contributed by atoms with Gasteiger partial charge in [-0.05, 0) is 35.4 Å². The van der Waals surface area contributed by atoms with E-state index in [9.17, 15) is 14.7 Å². The maximum atomic E-state index is 13.3. The van der Waals surface area contributed by atoms with Gasteiger partial charge in [0.25, 0.3) is 11.7 Å². The van der Waals surface area contributed by atoms with Crippen LogP contribution in [0.4, 0.5) is 0 Å². The summed E-state index contributed by atoms with van der Waals surface area (Å²) in [7, 11) is 4.42. The van der Waals surface area contributed by atoms with Crippen molar-refractivity contribution in [1.29, 1.82) is 0 Å². The third kappa shape index (κ3) is 4.52. The van der Waals surface area contributed by atoms with Crippen LogP contribution >= 0.6 is 11.6 Å². The first-order valence-corrected chi connectivity index (χ1v) is 11.0. The van der Waals surface area contributed by atoms with E-state index in [0.717, 1.165) is 5.56 Å². The van der Waals surface area contributed by atoms with Gasteiger partial charge in [-0.2, -0.15) is 0 Å². The summed E-state index contributed by atoms with van der Waals surface area (Å²) in [4.78, 5) is 32.1. The number of methoxy groups -OCH3 is 3. The van der Waals surface area contributed by atoms with Crippen LogP contribution in [0.2, 0.25) is 5.02 Å². The maximum absolute atomic E-state index is 13.3. The molecule has 1 aliphatic heterocycles. The number of Topliss-reactive ketones (excluding diaryl/α,β-unsaturated/α-hetero) is 1. The fourth-order valence-electron chi connectivity index (χ4n) is 4.09. The average Bonchev–Trinajstić information content (AvgIpc) is 3.13. The zero-order valence-electron chi connectivity index (χ0n) is 19.3. The number of nitrogens with zero attached hydrogens (tertiary/aromatic N) is 2. The van der Waals surface area contributed by atoms with Crippen LogP contribution in [0, 0.1) is 0 Å². The van der Waals surface area contributed by atoms with Gasteiger partial charge in [0, 0.05) is 25.0 Å². The number of pyridine rings is 1. The highest BCUT2D eigenvalue weighted by Crippen LogP contribution is 2.43. The van der Waals surface area contributed by atoms with E-state index in [4.69, 9.17) is 25.8 Å². The molecular weight excluding hydrogens is 472 g/mol. The summed E-state index contributed by atoms with van der Waals surface area (Å²) in [6, 6.07) is 12.7. The second kappa shape index (κ2) is 10.1. The Balaban J connectivity index is 1.89. The summed E-state index contributed by atoms with van der Waals surface area (Å²) in [5.74, 6) is -0.800. The number of likely N-dealkylation sites (tertiary alicyclic amines) is 1. The van der Waals surface area contributed by atoms with Crippen molar-refractivity contribution < 1.29 is 28.9 Å². The fraction of sp³-hybridized carbons (Fsp3) is 0.192. The molecule has 0 aliphatic carbocycles. The Morgan fingerprint density at radius 3 is 2.46 bits per heavy atom. The van der Waals surface area contributed by atoms with Crippen molar-refractivity contribution in [2.24, 2.45) is 0 Å². The first-order valence-electron chi connectivity index (χ1n) is 10.6. The molecule has 1 N–H and O–H groups in total. The number of ether oxygens (including phenoxy) is 3. The van der Waals surface area contributed by atoms with Crippen molar-refractivity contribution in [2.75, 3.05) is 21.3 Å². The van der Waals surface area contributed by atoms with Gasteiger partial charge in [0.15, 0.2) is 0 Å². The van der Waals surface area contributed by atoms with Crippen LogP contribution in [0.3, 0.4) is 0 Å². The minimum Gasteiger partial charge on any atom is -0.507 e. The molecule has 3 aromatic rings. The normalized spacial score (nSPS) is 16.9. The van der Waals surface area contributed by atoms with E-state index >= 15 is 0 Å². The standard InChI is InChI=1S/C26H23ClN2O6/c1-33-17-8-4-6-15(10-17)14-29-23(16-7-5-9-28-13-16)22(25(31)26(29)32)24(30)18-11-19(27)21(35-3)12-20(18)34-2/h4-13,23,30H,14H2,1-3H3/b24-22+. The highest BCUT2D eigenvalue weighted by atomic mass is 35.5. The van der Waals surface area contributed by atoms with Crippen molar-refractivity contribution in [1.82, 2.24) is 9.88 Å². The number of carbonyl (C=O) groups excluding carboxylic acids is 2. The number of carbonyl (C=O) groups is 2. The van der Waals surface area contributed by atoms with Crippen molar-refractivity contribution in [3.05, 3.63) is 88.2 Å². The van der Waals surface area contributed by atoms with Crippen LogP contribution in [-0.4, -0.2) is 48.0 Å². The summed E-state index contributed by atoms with van der Waals surface area (Å²) in [6.45, 7) is 0.110. The van der Waals surface area contributed by atoms with Gasteiger partial charge in [0.1, 0.15) is 23.0 Å². The zero-order chi connectivity index (χ0) is 25.1. The van der Waals surface area contributed by atoms with Gasteiger partial charge in [-0.1, -0.05) is 29.8 Å². The van der Waals surface area contributed by atoms with E-state index in [2.05, 4.69) is 4.98 Å². The Morgan fingerprint density at radius 2 is 1.80 bits per heavy atom. The molecule has 1 saturated heterocycles. The van der Waals surface area contributed by atoms with Crippen LogP contribution in [0.25, 0.3) is 5.76 Å². The molecule has 4 rings (SSSR count). The molecule has 1 fully saturated rings. The van der Waals surface area contributed by atoms with E-state index in [1.165, 1.54) is 31.3 Å². The molecule has 180 valence electrons. The van der Waals surface area contributed by atoms with Gasteiger partial charge in [-0.3, -0.25) is 14.6 Å². The lowest BCUT2D eigenvalue weighted by Gasteiger charge is -2.25. The van der Waals surface area contributed by atoms with Gasteiger partial charge in [-0.25, -0.2) is 0 Å². The third-order valence-corrected chi connectivity index (χ3v) is 6.05. The molecule has 0 spiro atoms. The van der Waals surface area contributed by atoms with E-state index in [0.29, 0.717) is 17.1 Å². The Labute approximate surface area is 207 Å². The molecule has 0 saturated carbocycles. The third-order valence-electron chi connectivity index (χ3n) is 5.76. The Hall–Kier alpha value is -4.04. The zero-order valence-corrected chi connectivity index (χ0v) is 20.1. The van der Waals surface area contributed by atoms with E-state index < -0.39 is 23.5 Å². The fourth-order valence-corrected chi connectivity index (χ4v) is 4.33. The minimum atomic E-state index is -0.888. The van der Waals surface area contributed by atoms with Crippen molar-refractivity contribution in [3.63, 3.8) is 0 Å². The maximum Gasteiger partial charge on any atom is 0.295 e. The topological polar surface area (TPSA) is 98.2 Å². The predicted molar refractivity (Wildman–Crippen MR) is 130 cm³/mol. The van der Waals surface area contributed by atoms with Crippen molar-refractivity contribution >= 4 is 29.1 Å². The molecule has 9 heteroatoms. The molecule has 1 aromatic heterocycles. The summed E-state index contributed by atoms with van der Waals surface area (Å²) in [5, 5.41) is 11.6. The summed E-state index contributed by atoms with van der Waals surface area (Å²) in [5.41, 5.74) is 1.39. The number of ketones is 1. The first kappa shape index (κ1) is 24.1. The minimum absolute atomic E-state index is 0.0922. The summed E-state index contributed by atoms with van der Waals surface area (Å²) < 4.78 is 15.9. The number of rotatable bonds is 7. The number of aromatic nitrogens is 1. The second-order valence-electron chi connectivity index (χ2n) is 7.75. The smallest absolute Gasteiger partial charge is 0.295 e. The predicted octanol–water partition coefficient (Wildman–Crippen LogP) is 4.38. The lowest BCUT2D eigenvalue weighted by Crippen LogP contribution is -2.29. The van der Waals surface area contributed by atoms with Crippen molar-refractivity contribution in [3.8, 4) is 17.2 Å². The molecule has 35 heavy (non-hydrogen) atoms. The molecule has 0 bridgehead atoms. The summed E-state index contributed by atoms with van der Waals surface area (Å²) >= 11 is 6.29. The Bertz CT molecular complexity index is 1310. The molecule has 1 unspecified atom stereocenters. The van der Waals surface area contributed by atoms with Gasteiger partial charge < -0.3 is 24.2 Å². The van der Waals surface area contributed by atoms with Gasteiger partial charge in [0.05, 0.1) is 43.5 Å². The molecule has 1 amide bonds. The molecule has 1 atom stereocenters. The van der Waals surface area contributed by atoms with Crippen LogP contribution in [0.5, 0.6) is 17.2 Å². The first-order chi connectivity index (χ1) is 16.9. The molecule has 2 aromatic carbocycles. The van der Waals surface area contributed by atoms with Crippen LogP contribution in [-0.2, 0) is 16.1 Å². The molecule has 1 aliphatic rings.